The second-order valence-electron chi connectivity index (χ2n) is 6.88. The summed E-state index contributed by atoms with van der Waals surface area (Å²) in [6.45, 7) is 3.84. The van der Waals surface area contributed by atoms with Gasteiger partial charge in [0.05, 0.1) is 30.4 Å². The standard InChI is InChI=1S/C23H22N4O3S/c1-15-6-4-5-7-20(15)24-21(28)14-31-23-26-25-22(19-12-13-30-16(19)2)27(23)17-8-10-18(29-3)11-9-17/h4-13H,14H2,1-3H3,(H,24,28). The molecule has 0 saturated heterocycles. The molecule has 1 N–H and O–H groups in total. The van der Waals surface area contributed by atoms with E-state index in [4.69, 9.17) is 9.15 Å². The minimum Gasteiger partial charge on any atom is -0.497 e. The highest BCUT2D eigenvalue weighted by molar-refractivity contribution is 7.99. The zero-order chi connectivity index (χ0) is 21.8. The number of carbonyl (C=O) groups excluding carboxylic acids is 1. The predicted octanol–water partition coefficient (Wildman–Crippen LogP) is 4.88. The van der Waals surface area contributed by atoms with E-state index in [9.17, 15) is 4.79 Å². The summed E-state index contributed by atoms with van der Waals surface area (Å²) in [6, 6.07) is 17.2. The van der Waals surface area contributed by atoms with Crippen LogP contribution in [0.15, 0.2) is 70.4 Å². The van der Waals surface area contributed by atoms with Gasteiger partial charge in [-0.3, -0.25) is 9.36 Å². The summed E-state index contributed by atoms with van der Waals surface area (Å²) in [5.41, 5.74) is 3.53. The molecular formula is C23H22N4O3S. The quantitative estimate of drug-likeness (QED) is 0.417. The van der Waals surface area contributed by atoms with Crippen molar-refractivity contribution in [3.63, 3.8) is 0 Å². The molecule has 8 heteroatoms. The third-order valence-corrected chi connectivity index (χ3v) is 5.74. The first kappa shape index (κ1) is 20.7. The Morgan fingerprint density at radius 3 is 2.55 bits per heavy atom. The minimum absolute atomic E-state index is 0.107. The van der Waals surface area contributed by atoms with Crippen LogP contribution in [0, 0.1) is 13.8 Å². The van der Waals surface area contributed by atoms with E-state index < -0.39 is 0 Å². The Balaban J connectivity index is 1.61. The van der Waals surface area contributed by atoms with Crippen LogP contribution >= 0.6 is 11.8 Å². The summed E-state index contributed by atoms with van der Waals surface area (Å²) >= 11 is 1.32. The predicted molar refractivity (Wildman–Crippen MR) is 121 cm³/mol. The second-order valence-corrected chi connectivity index (χ2v) is 7.82. The van der Waals surface area contributed by atoms with Crippen molar-refractivity contribution in [1.82, 2.24) is 14.8 Å². The number of hydrogen-bond donors (Lipinski definition) is 1. The molecule has 0 unspecified atom stereocenters. The number of para-hydroxylation sites is 1. The lowest BCUT2D eigenvalue weighted by atomic mass is 10.2. The van der Waals surface area contributed by atoms with Crippen LogP contribution in [0.5, 0.6) is 5.75 Å². The van der Waals surface area contributed by atoms with Crippen LogP contribution in [0.25, 0.3) is 17.1 Å². The zero-order valence-corrected chi connectivity index (χ0v) is 18.3. The molecule has 1 amide bonds. The number of furan rings is 1. The summed E-state index contributed by atoms with van der Waals surface area (Å²) in [5, 5.41) is 12.3. The smallest absolute Gasteiger partial charge is 0.234 e. The van der Waals surface area contributed by atoms with Crippen molar-refractivity contribution in [2.75, 3.05) is 18.2 Å². The number of thioether (sulfide) groups is 1. The van der Waals surface area contributed by atoms with E-state index in [0.29, 0.717) is 11.0 Å². The summed E-state index contributed by atoms with van der Waals surface area (Å²) in [7, 11) is 1.63. The van der Waals surface area contributed by atoms with E-state index in [2.05, 4.69) is 15.5 Å². The SMILES string of the molecule is COc1ccc(-n2c(SCC(=O)Nc3ccccc3C)nnc2-c2ccoc2C)cc1. The number of methoxy groups -OCH3 is 1. The van der Waals surface area contributed by atoms with Crippen molar-refractivity contribution in [3.05, 3.63) is 72.2 Å². The Kier molecular flexibility index (Phi) is 6.08. The lowest BCUT2D eigenvalue weighted by molar-refractivity contribution is -0.113. The Morgan fingerprint density at radius 1 is 1.10 bits per heavy atom. The molecule has 7 nitrogen and oxygen atoms in total. The number of aromatic nitrogens is 3. The monoisotopic (exact) mass is 434 g/mol. The molecule has 0 aliphatic heterocycles. The molecule has 0 radical (unpaired) electrons. The highest BCUT2D eigenvalue weighted by Crippen LogP contribution is 2.31. The first-order valence-electron chi connectivity index (χ1n) is 9.69. The van der Waals surface area contributed by atoms with Gasteiger partial charge in [0.1, 0.15) is 11.5 Å². The molecule has 158 valence electrons. The molecule has 0 aliphatic carbocycles. The summed E-state index contributed by atoms with van der Waals surface area (Å²) in [6.07, 6.45) is 1.63. The van der Waals surface area contributed by atoms with E-state index in [1.807, 2.05) is 73.0 Å². The van der Waals surface area contributed by atoms with Gasteiger partial charge in [-0.15, -0.1) is 10.2 Å². The number of anilines is 1. The minimum atomic E-state index is -0.107. The number of nitrogens with zero attached hydrogens (tertiary/aromatic N) is 3. The van der Waals surface area contributed by atoms with Gasteiger partial charge in [0.2, 0.25) is 5.91 Å². The Labute approximate surface area is 184 Å². The number of nitrogens with one attached hydrogen (secondary N) is 1. The number of aryl methyl sites for hydroxylation is 2. The van der Waals surface area contributed by atoms with Gasteiger partial charge in [-0.2, -0.15) is 0 Å². The maximum atomic E-state index is 12.5. The topological polar surface area (TPSA) is 82.2 Å². The number of rotatable bonds is 7. The van der Waals surface area contributed by atoms with E-state index in [-0.39, 0.29) is 11.7 Å². The van der Waals surface area contributed by atoms with Gasteiger partial charge in [-0.1, -0.05) is 30.0 Å². The highest BCUT2D eigenvalue weighted by Gasteiger charge is 2.20. The van der Waals surface area contributed by atoms with E-state index in [1.54, 1.807) is 13.4 Å². The van der Waals surface area contributed by atoms with Gasteiger partial charge in [0, 0.05) is 5.69 Å². The largest absolute Gasteiger partial charge is 0.497 e. The van der Waals surface area contributed by atoms with Crippen LogP contribution in [0.4, 0.5) is 5.69 Å². The lowest BCUT2D eigenvalue weighted by Gasteiger charge is -2.11. The summed E-state index contributed by atoms with van der Waals surface area (Å²) in [4.78, 5) is 12.5. The third-order valence-electron chi connectivity index (χ3n) is 4.82. The lowest BCUT2D eigenvalue weighted by Crippen LogP contribution is -2.15. The van der Waals surface area contributed by atoms with Crippen LogP contribution in [-0.2, 0) is 4.79 Å². The molecule has 0 atom stereocenters. The van der Waals surface area contributed by atoms with Crippen molar-refractivity contribution >= 4 is 23.4 Å². The fraction of sp³-hybridized carbons (Fsp3) is 0.174. The molecule has 0 aliphatic rings. The maximum absolute atomic E-state index is 12.5. The average Bonchev–Trinajstić information content (AvgIpc) is 3.39. The number of benzene rings is 2. The van der Waals surface area contributed by atoms with Gasteiger partial charge in [0.25, 0.3) is 0 Å². The number of ether oxygens (including phenoxy) is 1. The molecule has 0 saturated carbocycles. The van der Waals surface area contributed by atoms with Crippen molar-refractivity contribution in [2.45, 2.75) is 19.0 Å². The molecule has 2 aromatic carbocycles. The first-order chi connectivity index (χ1) is 15.1. The van der Waals surface area contributed by atoms with Crippen LogP contribution in [0.1, 0.15) is 11.3 Å². The van der Waals surface area contributed by atoms with Gasteiger partial charge >= 0.3 is 0 Å². The Morgan fingerprint density at radius 2 is 1.87 bits per heavy atom. The number of carbonyl (C=O) groups is 1. The normalized spacial score (nSPS) is 10.8. The number of hydrogen-bond acceptors (Lipinski definition) is 6. The van der Waals surface area contributed by atoms with Crippen molar-refractivity contribution in [3.8, 4) is 22.8 Å². The van der Waals surface area contributed by atoms with E-state index in [0.717, 1.165) is 34.0 Å². The fourth-order valence-corrected chi connectivity index (χ4v) is 3.90. The van der Waals surface area contributed by atoms with Gasteiger partial charge in [0.15, 0.2) is 11.0 Å². The second kappa shape index (κ2) is 9.09. The van der Waals surface area contributed by atoms with Gasteiger partial charge < -0.3 is 14.5 Å². The molecule has 31 heavy (non-hydrogen) atoms. The molecule has 4 rings (SSSR count). The van der Waals surface area contributed by atoms with E-state index >= 15 is 0 Å². The summed E-state index contributed by atoms with van der Waals surface area (Å²) in [5.74, 6) is 2.25. The van der Waals surface area contributed by atoms with Crippen molar-refractivity contribution in [2.24, 2.45) is 0 Å². The van der Waals surface area contributed by atoms with Crippen LogP contribution in [0.2, 0.25) is 0 Å². The van der Waals surface area contributed by atoms with Crippen molar-refractivity contribution in [1.29, 1.82) is 0 Å². The maximum Gasteiger partial charge on any atom is 0.234 e. The molecule has 4 aromatic rings. The molecule has 2 heterocycles. The molecular weight excluding hydrogens is 412 g/mol. The van der Waals surface area contributed by atoms with E-state index in [1.165, 1.54) is 11.8 Å². The van der Waals surface area contributed by atoms with Gasteiger partial charge in [-0.05, 0) is 55.8 Å². The molecule has 0 bridgehead atoms. The molecule has 0 fully saturated rings. The fourth-order valence-electron chi connectivity index (χ4n) is 3.15. The van der Waals surface area contributed by atoms with Crippen LogP contribution in [-0.4, -0.2) is 33.5 Å². The first-order valence-corrected chi connectivity index (χ1v) is 10.7. The third kappa shape index (κ3) is 4.49. The molecule has 2 aromatic heterocycles. The molecule has 0 spiro atoms. The zero-order valence-electron chi connectivity index (χ0n) is 17.5. The summed E-state index contributed by atoms with van der Waals surface area (Å²) < 4.78 is 12.6. The Hall–Kier alpha value is -3.52. The van der Waals surface area contributed by atoms with Crippen molar-refractivity contribution < 1.29 is 13.9 Å². The van der Waals surface area contributed by atoms with Gasteiger partial charge in [-0.25, -0.2) is 0 Å². The van der Waals surface area contributed by atoms with Crippen LogP contribution in [0.3, 0.4) is 0 Å². The average molecular weight is 435 g/mol. The highest BCUT2D eigenvalue weighted by atomic mass is 32.2. The Bertz CT molecular complexity index is 1200. The van der Waals surface area contributed by atoms with Crippen LogP contribution < -0.4 is 10.1 Å². The number of amides is 1.